The van der Waals surface area contributed by atoms with Crippen LogP contribution in [-0.2, 0) is 38.1 Å². The van der Waals surface area contributed by atoms with Gasteiger partial charge in [-0.2, -0.15) is 0 Å². The Morgan fingerprint density at radius 3 is 2.28 bits per heavy atom. The van der Waals surface area contributed by atoms with Crippen LogP contribution in [0.25, 0.3) is 0 Å². The zero-order valence-corrected chi connectivity index (χ0v) is 21.1. The van der Waals surface area contributed by atoms with E-state index in [0.29, 0.717) is 18.3 Å². The Kier molecular flexibility index (Phi) is 5.69. The van der Waals surface area contributed by atoms with Crippen molar-refractivity contribution >= 4 is 23.7 Å². The Morgan fingerprint density at radius 2 is 1.64 bits per heavy atom. The summed E-state index contributed by atoms with van der Waals surface area (Å²) in [4.78, 5) is 51.2. The minimum absolute atomic E-state index is 0.114. The lowest BCUT2D eigenvalue weighted by atomic mass is 9.53. The second-order valence-corrected chi connectivity index (χ2v) is 12.8. The highest BCUT2D eigenvalue weighted by Crippen LogP contribution is 2.62. The predicted molar refractivity (Wildman–Crippen MR) is 119 cm³/mol. The van der Waals surface area contributed by atoms with E-state index in [1.165, 1.54) is 6.42 Å². The lowest BCUT2D eigenvalue weighted by molar-refractivity contribution is -0.290. The molecule has 214 valence electrons. The van der Waals surface area contributed by atoms with Gasteiger partial charge in [-0.25, -0.2) is 22.4 Å². The van der Waals surface area contributed by atoms with E-state index < -0.39 is 103 Å². The van der Waals surface area contributed by atoms with E-state index in [1.807, 2.05) is 0 Å². The third-order valence-corrected chi connectivity index (χ3v) is 10.7. The molecule has 2 saturated heterocycles. The van der Waals surface area contributed by atoms with E-state index in [-0.39, 0.29) is 11.8 Å². The van der Waals surface area contributed by atoms with Gasteiger partial charge in [0.2, 0.25) is 5.79 Å². The molecule has 8 nitrogen and oxygen atoms in total. The van der Waals surface area contributed by atoms with Gasteiger partial charge in [-0.3, -0.25) is 14.4 Å². The van der Waals surface area contributed by atoms with Crippen LogP contribution >= 0.6 is 0 Å². The fraction of sp³-hybridized carbons (Fsp3) is 0.852. The molecular weight excluding hydrogens is 528 g/mol. The molecule has 0 aromatic rings. The van der Waals surface area contributed by atoms with Crippen LogP contribution in [0.15, 0.2) is 0 Å². The van der Waals surface area contributed by atoms with Crippen molar-refractivity contribution < 1.29 is 55.7 Å². The molecule has 7 unspecified atom stereocenters. The van der Waals surface area contributed by atoms with Crippen LogP contribution in [0.4, 0.5) is 17.6 Å². The zero-order valence-electron chi connectivity index (χ0n) is 21.1. The largest absolute Gasteiger partial charge is 0.458 e. The first-order valence-corrected chi connectivity index (χ1v) is 14.0. The highest BCUT2D eigenvalue weighted by molar-refractivity contribution is 5.90. The highest BCUT2D eigenvalue weighted by Gasteiger charge is 2.70. The van der Waals surface area contributed by atoms with Crippen LogP contribution in [0.2, 0.25) is 0 Å². The van der Waals surface area contributed by atoms with E-state index in [0.717, 1.165) is 25.7 Å². The van der Waals surface area contributed by atoms with Crippen molar-refractivity contribution in [1.82, 2.24) is 0 Å². The van der Waals surface area contributed by atoms with Crippen LogP contribution in [0.1, 0.15) is 57.8 Å². The molecule has 8 rings (SSSR count). The maximum Gasteiger partial charge on any atom is 0.338 e. The Balaban J connectivity index is 1.01. The number of fused-ring (bicyclic) bond motifs is 1. The number of halogens is 4. The summed E-state index contributed by atoms with van der Waals surface area (Å²) in [6.07, 6.45) is -4.05. The number of Topliss-reactive ketones (excluding diaryl/α,β-unsaturated/α-hetero) is 1. The number of hydrogen-bond donors (Lipinski definition) is 0. The molecule has 6 saturated carbocycles. The molecule has 0 N–H and O–H groups in total. The summed E-state index contributed by atoms with van der Waals surface area (Å²) in [6, 6.07) is 0. The first-order chi connectivity index (χ1) is 18.5. The predicted octanol–water partition coefficient (Wildman–Crippen LogP) is 3.44. The van der Waals surface area contributed by atoms with Gasteiger partial charge in [0.05, 0.1) is 12.3 Å². The number of hydrogen-bond acceptors (Lipinski definition) is 8. The average Bonchev–Trinajstić information content (AvgIpc) is 3.56. The summed E-state index contributed by atoms with van der Waals surface area (Å²) in [7, 11) is 0. The maximum atomic E-state index is 13.4. The van der Waals surface area contributed by atoms with Crippen LogP contribution < -0.4 is 0 Å². The SMILES string of the molecule is O=C(CC1OC2(OC1=O)C1CC3CC(C1)CC2C3)OC1C2CC3C1OC(=O)C3C2C(=O)CCC(F)(F)C(F)F. The van der Waals surface area contributed by atoms with Gasteiger partial charge in [0.1, 0.15) is 18.0 Å². The number of carbonyl (C=O) groups excluding carboxylic acids is 4. The van der Waals surface area contributed by atoms with Gasteiger partial charge in [-0.1, -0.05) is 0 Å². The molecule has 8 aliphatic rings. The van der Waals surface area contributed by atoms with E-state index in [4.69, 9.17) is 18.9 Å². The summed E-state index contributed by atoms with van der Waals surface area (Å²) >= 11 is 0. The highest BCUT2D eigenvalue weighted by atomic mass is 19.3. The van der Waals surface area contributed by atoms with Crippen LogP contribution in [-0.4, -0.2) is 60.1 Å². The second kappa shape index (κ2) is 8.63. The number of carbonyl (C=O) groups is 4. The summed E-state index contributed by atoms with van der Waals surface area (Å²) < 4.78 is 75.1. The Labute approximate surface area is 221 Å². The first-order valence-electron chi connectivity index (χ1n) is 14.0. The van der Waals surface area contributed by atoms with Gasteiger partial charge < -0.3 is 18.9 Å². The summed E-state index contributed by atoms with van der Waals surface area (Å²) in [6.45, 7) is 0. The van der Waals surface area contributed by atoms with Gasteiger partial charge in [-0.15, -0.1) is 0 Å². The van der Waals surface area contributed by atoms with Crippen molar-refractivity contribution in [3.63, 3.8) is 0 Å². The lowest BCUT2D eigenvalue weighted by Gasteiger charge is -2.57. The molecule has 2 aliphatic heterocycles. The topological polar surface area (TPSA) is 105 Å². The standard InChI is InChI=1S/C27H30F4O8/c28-25(29)26(30,31)2-1-16(32)19-14-8-15-20(19)24(35)37-22(15)21(14)36-18(33)9-17-23(34)39-27(38-17)12-4-10-3-11(6-12)7-13(27)5-10/h10-15,17,19-22,25H,1-9H2. The van der Waals surface area contributed by atoms with E-state index in [1.54, 1.807) is 0 Å². The van der Waals surface area contributed by atoms with Crippen molar-refractivity contribution in [3.8, 4) is 0 Å². The fourth-order valence-corrected chi connectivity index (χ4v) is 9.35. The Morgan fingerprint density at radius 1 is 0.974 bits per heavy atom. The van der Waals surface area contributed by atoms with E-state index in [9.17, 15) is 36.7 Å². The number of esters is 3. The zero-order chi connectivity index (χ0) is 27.4. The fourth-order valence-electron chi connectivity index (χ4n) is 9.35. The molecule has 8 fully saturated rings. The molecular formula is C27H30F4O8. The Hall–Kier alpha value is -2.24. The molecule has 6 bridgehead atoms. The molecule has 0 aromatic heterocycles. The van der Waals surface area contributed by atoms with Crippen molar-refractivity contribution in [2.75, 3.05) is 0 Å². The monoisotopic (exact) mass is 558 g/mol. The van der Waals surface area contributed by atoms with Gasteiger partial charge in [0.15, 0.2) is 6.10 Å². The number of ether oxygens (including phenoxy) is 4. The molecule has 0 radical (unpaired) electrons. The molecule has 1 spiro atoms. The van der Waals surface area contributed by atoms with Crippen molar-refractivity contribution in [2.45, 2.75) is 94.2 Å². The van der Waals surface area contributed by atoms with Gasteiger partial charge in [0, 0.05) is 42.4 Å². The van der Waals surface area contributed by atoms with Crippen molar-refractivity contribution in [1.29, 1.82) is 0 Å². The van der Waals surface area contributed by atoms with E-state index in [2.05, 4.69) is 0 Å². The van der Waals surface area contributed by atoms with Gasteiger partial charge >= 0.3 is 30.3 Å². The first kappa shape index (κ1) is 25.7. The lowest BCUT2D eigenvalue weighted by Crippen LogP contribution is -2.58. The summed E-state index contributed by atoms with van der Waals surface area (Å²) in [5.41, 5.74) is 0. The Bertz CT molecular complexity index is 1080. The van der Waals surface area contributed by atoms with Gasteiger partial charge in [-0.05, 0) is 50.4 Å². The summed E-state index contributed by atoms with van der Waals surface area (Å²) in [5, 5.41) is 0. The minimum Gasteiger partial charge on any atom is -0.458 e. The van der Waals surface area contributed by atoms with Crippen molar-refractivity contribution in [2.24, 2.45) is 47.3 Å². The summed E-state index contributed by atoms with van der Waals surface area (Å²) in [5.74, 6) is -9.59. The number of alkyl halides is 4. The van der Waals surface area contributed by atoms with Gasteiger partial charge in [0.25, 0.3) is 0 Å². The van der Waals surface area contributed by atoms with Crippen molar-refractivity contribution in [3.05, 3.63) is 0 Å². The van der Waals surface area contributed by atoms with Crippen LogP contribution in [0.5, 0.6) is 0 Å². The molecule has 12 heteroatoms. The third kappa shape index (κ3) is 3.79. The number of ketones is 1. The number of rotatable bonds is 8. The molecule has 6 aliphatic carbocycles. The molecule has 7 atom stereocenters. The maximum absolute atomic E-state index is 13.4. The quantitative estimate of drug-likeness (QED) is 0.254. The van der Waals surface area contributed by atoms with Crippen LogP contribution in [0, 0.1) is 47.3 Å². The third-order valence-electron chi connectivity index (χ3n) is 10.7. The molecule has 2 heterocycles. The molecule has 0 aromatic carbocycles. The molecule has 0 amide bonds. The van der Waals surface area contributed by atoms with E-state index >= 15 is 0 Å². The normalized spacial score (nSPS) is 46.8. The van der Waals surface area contributed by atoms with Crippen LogP contribution in [0.3, 0.4) is 0 Å². The minimum atomic E-state index is -4.32. The average molecular weight is 559 g/mol. The second-order valence-electron chi connectivity index (χ2n) is 12.8. The molecule has 39 heavy (non-hydrogen) atoms. The smallest absolute Gasteiger partial charge is 0.338 e.